The first-order valence-corrected chi connectivity index (χ1v) is 6.74. The van der Waals surface area contributed by atoms with Gasteiger partial charge in [-0.2, -0.15) is 0 Å². The van der Waals surface area contributed by atoms with E-state index in [2.05, 4.69) is 31.1 Å². The quantitative estimate of drug-likeness (QED) is 0.646. The molecule has 4 nitrogen and oxygen atoms in total. The van der Waals surface area contributed by atoms with Crippen LogP contribution in [-0.4, -0.2) is 47.7 Å². The van der Waals surface area contributed by atoms with Crippen LogP contribution in [0.4, 0.5) is 0 Å². The van der Waals surface area contributed by atoms with Crippen LogP contribution in [0.3, 0.4) is 0 Å². The van der Waals surface area contributed by atoms with Gasteiger partial charge in [-0.25, -0.2) is 0 Å². The molecule has 1 aliphatic rings. The highest BCUT2D eigenvalue weighted by Gasteiger charge is 2.29. The molecule has 1 fully saturated rings. The van der Waals surface area contributed by atoms with E-state index in [0.717, 1.165) is 31.8 Å². The average molecular weight is 242 g/mol. The first-order valence-electron chi connectivity index (χ1n) is 6.74. The summed E-state index contributed by atoms with van der Waals surface area (Å²) in [5, 5.41) is 12.3. The van der Waals surface area contributed by atoms with E-state index in [9.17, 15) is 4.79 Å². The largest absolute Gasteiger partial charge is 0.480 e. The molecule has 0 aromatic carbocycles. The van der Waals surface area contributed by atoms with E-state index in [4.69, 9.17) is 5.11 Å². The molecule has 4 heteroatoms. The second kappa shape index (κ2) is 6.97. The van der Waals surface area contributed by atoms with Gasteiger partial charge in [0.1, 0.15) is 6.04 Å². The second-order valence-corrected chi connectivity index (χ2v) is 5.19. The summed E-state index contributed by atoms with van der Waals surface area (Å²) in [6.07, 6.45) is 5.32. The van der Waals surface area contributed by atoms with Crippen molar-refractivity contribution >= 4 is 5.97 Å². The predicted octanol–water partition coefficient (Wildman–Crippen LogP) is 1.70. The van der Waals surface area contributed by atoms with Crippen LogP contribution in [0.2, 0.25) is 0 Å². The van der Waals surface area contributed by atoms with Crippen molar-refractivity contribution in [2.45, 2.75) is 64.1 Å². The van der Waals surface area contributed by atoms with Crippen molar-refractivity contribution in [1.29, 1.82) is 0 Å². The van der Waals surface area contributed by atoms with E-state index in [1.807, 2.05) is 0 Å². The van der Waals surface area contributed by atoms with Crippen LogP contribution in [0.5, 0.6) is 0 Å². The number of hydrogen-bond donors (Lipinski definition) is 2. The summed E-state index contributed by atoms with van der Waals surface area (Å²) < 4.78 is 0. The van der Waals surface area contributed by atoms with Crippen molar-refractivity contribution in [3.05, 3.63) is 0 Å². The average Bonchev–Trinajstić information content (AvgIpc) is 3.11. The molecule has 2 atom stereocenters. The fourth-order valence-electron chi connectivity index (χ4n) is 2.02. The zero-order valence-corrected chi connectivity index (χ0v) is 11.3. The highest BCUT2D eigenvalue weighted by Crippen LogP contribution is 2.26. The van der Waals surface area contributed by atoms with Gasteiger partial charge < -0.3 is 10.4 Å². The van der Waals surface area contributed by atoms with Crippen LogP contribution in [-0.2, 0) is 4.79 Å². The van der Waals surface area contributed by atoms with Crippen LogP contribution in [0.15, 0.2) is 0 Å². The molecule has 2 unspecified atom stereocenters. The molecule has 0 amide bonds. The van der Waals surface area contributed by atoms with E-state index in [-0.39, 0.29) is 6.04 Å². The van der Waals surface area contributed by atoms with Gasteiger partial charge in [0.25, 0.3) is 0 Å². The summed E-state index contributed by atoms with van der Waals surface area (Å²) in [7, 11) is 2.13. The minimum absolute atomic E-state index is 0.384. The first kappa shape index (κ1) is 14.5. The number of unbranched alkanes of at least 4 members (excludes halogenated alkanes) is 1. The van der Waals surface area contributed by atoms with Gasteiger partial charge in [0.2, 0.25) is 0 Å². The Labute approximate surface area is 104 Å². The number of nitrogens with one attached hydrogen (secondary N) is 1. The third kappa shape index (κ3) is 5.04. The van der Waals surface area contributed by atoms with Gasteiger partial charge in [-0.05, 0) is 33.2 Å². The third-order valence-corrected chi connectivity index (χ3v) is 3.62. The number of aliphatic carboxylic acids is 1. The Morgan fingerprint density at radius 3 is 2.65 bits per heavy atom. The molecule has 0 spiro atoms. The summed E-state index contributed by atoms with van der Waals surface area (Å²) >= 11 is 0. The maximum atomic E-state index is 11.1. The van der Waals surface area contributed by atoms with Gasteiger partial charge >= 0.3 is 5.97 Å². The van der Waals surface area contributed by atoms with E-state index in [1.54, 1.807) is 0 Å². The van der Waals surface area contributed by atoms with E-state index >= 15 is 0 Å². The van der Waals surface area contributed by atoms with Gasteiger partial charge in [-0.3, -0.25) is 9.69 Å². The lowest BCUT2D eigenvalue weighted by atomic mass is 10.1. The monoisotopic (exact) mass is 242 g/mol. The molecule has 0 aromatic rings. The molecule has 0 radical (unpaired) electrons. The molecule has 1 saturated carbocycles. The van der Waals surface area contributed by atoms with Crippen LogP contribution in [0, 0.1) is 0 Å². The number of rotatable bonds is 9. The van der Waals surface area contributed by atoms with E-state index < -0.39 is 5.97 Å². The van der Waals surface area contributed by atoms with E-state index in [1.165, 1.54) is 12.8 Å². The number of carboxylic acid groups (broad SMARTS) is 1. The van der Waals surface area contributed by atoms with Crippen molar-refractivity contribution in [2.75, 3.05) is 13.6 Å². The zero-order valence-electron chi connectivity index (χ0n) is 11.3. The van der Waals surface area contributed by atoms with Crippen LogP contribution in [0.25, 0.3) is 0 Å². The lowest BCUT2D eigenvalue weighted by Gasteiger charge is -2.26. The molecule has 2 N–H and O–H groups in total. The van der Waals surface area contributed by atoms with Crippen LogP contribution >= 0.6 is 0 Å². The van der Waals surface area contributed by atoms with Gasteiger partial charge in [0, 0.05) is 18.6 Å². The number of carboxylic acids is 1. The molecular formula is C13H26N2O2. The molecule has 0 aliphatic heterocycles. The predicted molar refractivity (Wildman–Crippen MR) is 69.2 cm³/mol. The Balaban J connectivity index is 2.26. The summed E-state index contributed by atoms with van der Waals surface area (Å²) in [5.74, 6) is -0.722. The smallest absolute Gasteiger partial charge is 0.320 e. The Kier molecular flexibility index (Phi) is 5.92. The summed E-state index contributed by atoms with van der Waals surface area (Å²) in [5.41, 5.74) is 0. The number of hydrogen-bond acceptors (Lipinski definition) is 3. The molecular weight excluding hydrogens is 216 g/mol. The van der Waals surface area contributed by atoms with Gasteiger partial charge in [-0.15, -0.1) is 0 Å². The van der Waals surface area contributed by atoms with Gasteiger partial charge in [0.15, 0.2) is 0 Å². The third-order valence-electron chi connectivity index (χ3n) is 3.62. The number of carbonyl (C=O) groups is 1. The van der Waals surface area contributed by atoms with Crippen LogP contribution in [0.1, 0.15) is 46.0 Å². The van der Waals surface area contributed by atoms with Crippen molar-refractivity contribution in [1.82, 2.24) is 10.2 Å². The Bertz CT molecular complexity index is 242. The number of nitrogens with zero attached hydrogens (tertiary/aromatic N) is 1. The van der Waals surface area contributed by atoms with E-state index in [0.29, 0.717) is 6.04 Å². The van der Waals surface area contributed by atoms with Crippen molar-refractivity contribution in [3.8, 4) is 0 Å². The maximum Gasteiger partial charge on any atom is 0.320 e. The van der Waals surface area contributed by atoms with Crippen molar-refractivity contribution < 1.29 is 9.90 Å². The minimum Gasteiger partial charge on any atom is -0.480 e. The summed E-state index contributed by atoms with van der Waals surface area (Å²) in [6.45, 7) is 5.00. The summed E-state index contributed by atoms with van der Waals surface area (Å²) in [4.78, 5) is 13.4. The van der Waals surface area contributed by atoms with Crippen LogP contribution < -0.4 is 5.32 Å². The molecule has 0 aromatic heterocycles. The minimum atomic E-state index is -0.722. The Hall–Kier alpha value is -0.610. The highest BCUT2D eigenvalue weighted by molar-refractivity contribution is 5.73. The summed E-state index contributed by atoms with van der Waals surface area (Å²) in [6, 6.07) is 0.752. The SMILES string of the molecule is CCCCC(NCC(C)N(C)C1CC1)C(=O)O. The molecule has 17 heavy (non-hydrogen) atoms. The first-order chi connectivity index (χ1) is 8.06. The van der Waals surface area contributed by atoms with Crippen molar-refractivity contribution in [2.24, 2.45) is 0 Å². The van der Waals surface area contributed by atoms with Gasteiger partial charge in [-0.1, -0.05) is 19.8 Å². The highest BCUT2D eigenvalue weighted by atomic mass is 16.4. The molecule has 0 bridgehead atoms. The fraction of sp³-hybridized carbons (Fsp3) is 0.923. The number of likely N-dealkylation sites (N-methyl/N-ethyl adjacent to an activating group) is 1. The standard InChI is InChI=1S/C13H26N2O2/c1-4-5-6-12(13(16)17)14-9-10(2)15(3)11-7-8-11/h10-12,14H,4-9H2,1-3H3,(H,16,17). The zero-order chi connectivity index (χ0) is 12.8. The topological polar surface area (TPSA) is 52.6 Å². The molecule has 1 aliphatic carbocycles. The molecule has 0 heterocycles. The van der Waals surface area contributed by atoms with Crippen molar-refractivity contribution in [3.63, 3.8) is 0 Å². The Morgan fingerprint density at radius 1 is 1.53 bits per heavy atom. The lowest BCUT2D eigenvalue weighted by molar-refractivity contribution is -0.139. The fourth-order valence-corrected chi connectivity index (χ4v) is 2.02. The molecule has 1 rings (SSSR count). The Morgan fingerprint density at radius 2 is 2.18 bits per heavy atom. The van der Waals surface area contributed by atoms with Gasteiger partial charge in [0.05, 0.1) is 0 Å². The normalized spacial score (nSPS) is 19.3. The lowest BCUT2D eigenvalue weighted by Crippen LogP contribution is -2.45. The second-order valence-electron chi connectivity index (χ2n) is 5.19. The molecule has 0 saturated heterocycles. The maximum absolute atomic E-state index is 11.1. The molecule has 100 valence electrons.